The lowest BCUT2D eigenvalue weighted by molar-refractivity contribution is 0.412. The largest absolute Gasteiger partial charge is 0.334 e. The normalized spacial score (nSPS) is 19.6. The average molecular weight is 247 g/mol. The zero-order valence-corrected chi connectivity index (χ0v) is 10.9. The standard InChI is InChI=1S/C12H17N5O/c1-7-10(8(2)17(3)15-7)12-14-11(16-18-12)9-5-4-6-13-9/h9,13H,4-6H2,1-3H3. The van der Waals surface area contributed by atoms with Crippen LogP contribution < -0.4 is 5.32 Å². The molecule has 6 heteroatoms. The van der Waals surface area contributed by atoms with Crippen molar-refractivity contribution in [3.05, 3.63) is 17.2 Å². The molecule has 1 atom stereocenters. The van der Waals surface area contributed by atoms with Crippen LogP contribution in [0.1, 0.15) is 36.1 Å². The molecular formula is C12H17N5O. The Kier molecular flexibility index (Phi) is 2.66. The minimum Gasteiger partial charge on any atom is -0.334 e. The predicted octanol–water partition coefficient (Wildman–Crippen LogP) is 1.51. The molecule has 1 fully saturated rings. The summed E-state index contributed by atoms with van der Waals surface area (Å²) in [5, 5.41) is 11.8. The number of nitrogens with zero attached hydrogens (tertiary/aromatic N) is 4. The zero-order valence-electron chi connectivity index (χ0n) is 10.9. The molecule has 0 amide bonds. The third kappa shape index (κ3) is 1.73. The maximum absolute atomic E-state index is 5.38. The maximum atomic E-state index is 5.38. The van der Waals surface area contributed by atoms with Gasteiger partial charge in [-0.2, -0.15) is 10.1 Å². The van der Waals surface area contributed by atoms with Gasteiger partial charge in [0.05, 0.1) is 17.3 Å². The van der Waals surface area contributed by atoms with Crippen molar-refractivity contribution in [1.82, 2.24) is 25.2 Å². The highest BCUT2D eigenvalue weighted by molar-refractivity contribution is 5.59. The van der Waals surface area contributed by atoms with E-state index >= 15 is 0 Å². The van der Waals surface area contributed by atoms with Gasteiger partial charge in [0.1, 0.15) is 0 Å². The molecule has 2 aromatic rings. The van der Waals surface area contributed by atoms with Crippen LogP contribution in [0, 0.1) is 13.8 Å². The highest BCUT2D eigenvalue weighted by Gasteiger charge is 2.24. The van der Waals surface area contributed by atoms with E-state index in [-0.39, 0.29) is 6.04 Å². The number of nitrogens with one attached hydrogen (secondary N) is 1. The van der Waals surface area contributed by atoms with Crippen LogP contribution in [0.2, 0.25) is 0 Å². The van der Waals surface area contributed by atoms with Crippen LogP contribution in [-0.2, 0) is 7.05 Å². The van der Waals surface area contributed by atoms with Crippen LogP contribution in [0.4, 0.5) is 0 Å². The van der Waals surface area contributed by atoms with Crippen molar-refractivity contribution in [3.8, 4) is 11.5 Å². The summed E-state index contributed by atoms with van der Waals surface area (Å²) in [5.74, 6) is 1.33. The van der Waals surface area contributed by atoms with E-state index in [1.165, 1.54) is 6.42 Å². The Bertz CT molecular complexity index is 565. The van der Waals surface area contributed by atoms with Gasteiger partial charge in [-0.25, -0.2) is 0 Å². The monoisotopic (exact) mass is 247 g/mol. The molecule has 1 aliphatic rings. The van der Waals surface area contributed by atoms with Crippen molar-refractivity contribution in [2.24, 2.45) is 7.05 Å². The first-order valence-electron chi connectivity index (χ1n) is 6.24. The van der Waals surface area contributed by atoms with Crippen LogP contribution in [0.5, 0.6) is 0 Å². The third-order valence-electron chi connectivity index (χ3n) is 3.54. The van der Waals surface area contributed by atoms with E-state index in [0.29, 0.717) is 5.89 Å². The lowest BCUT2D eigenvalue weighted by atomic mass is 10.2. The van der Waals surface area contributed by atoms with Gasteiger partial charge in [-0.05, 0) is 33.2 Å². The molecule has 1 aliphatic heterocycles. The first-order valence-corrected chi connectivity index (χ1v) is 6.24. The summed E-state index contributed by atoms with van der Waals surface area (Å²) in [7, 11) is 1.92. The first-order chi connectivity index (χ1) is 8.66. The van der Waals surface area contributed by atoms with Gasteiger partial charge >= 0.3 is 0 Å². The van der Waals surface area contributed by atoms with Crippen LogP contribution in [0.3, 0.4) is 0 Å². The molecule has 1 unspecified atom stereocenters. The fourth-order valence-corrected chi connectivity index (χ4v) is 2.47. The molecule has 96 valence electrons. The van der Waals surface area contributed by atoms with Crippen LogP contribution in [-0.4, -0.2) is 26.5 Å². The second-order valence-corrected chi connectivity index (χ2v) is 4.78. The maximum Gasteiger partial charge on any atom is 0.261 e. The minimum atomic E-state index is 0.236. The molecule has 0 aliphatic carbocycles. The molecule has 0 bridgehead atoms. The Morgan fingerprint density at radius 3 is 2.83 bits per heavy atom. The molecule has 0 aromatic carbocycles. The second kappa shape index (κ2) is 4.20. The molecule has 6 nitrogen and oxygen atoms in total. The number of aromatic nitrogens is 4. The summed E-state index contributed by atoms with van der Waals surface area (Å²) in [6.45, 7) is 4.99. The summed E-state index contributed by atoms with van der Waals surface area (Å²) >= 11 is 0. The fraction of sp³-hybridized carbons (Fsp3) is 0.583. The summed E-state index contributed by atoms with van der Waals surface area (Å²) in [6.07, 6.45) is 2.24. The van der Waals surface area contributed by atoms with Gasteiger partial charge in [-0.15, -0.1) is 0 Å². The molecule has 0 radical (unpaired) electrons. The van der Waals surface area contributed by atoms with Crippen molar-refractivity contribution in [3.63, 3.8) is 0 Å². The van der Waals surface area contributed by atoms with Gasteiger partial charge in [0.15, 0.2) is 5.82 Å². The van der Waals surface area contributed by atoms with E-state index in [4.69, 9.17) is 4.52 Å². The van der Waals surface area contributed by atoms with Crippen molar-refractivity contribution >= 4 is 0 Å². The van der Waals surface area contributed by atoms with Crippen molar-refractivity contribution in [2.75, 3.05) is 6.54 Å². The molecule has 18 heavy (non-hydrogen) atoms. The molecule has 3 heterocycles. The Labute approximate surface area is 105 Å². The Morgan fingerprint density at radius 1 is 1.39 bits per heavy atom. The highest BCUT2D eigenvalue weighted by Crippen LogP contribution is 2.27. The lowest BCUT2D eigenvalue weighted by Gasteiger charge is -2.01. The second-order valence-electron chi connectivity index (χ2n) is 4.78. The Balaban J connectivity index is 1.97. The van der Waals surface area contributed by atoms with Gasteiger partial charge < -0.3 is 9.84 Å². The molecular weight excluding hydrogens is 230 g/mol. The lowest BCUT2D eigenvalue weighted by Crippen LogP contribution is -2.14. The minimum absolute atomic E-state index is 0.236. The van der Waals surface area contributed by atoms with Crippen molar-refractivity contribution < 1.29 is 4.52 Å². The quantitative estimate of drug-likeness (QED) is 0.871. The molecule has 1 N–H and O–H groups in total. The SMILES string of the molecule is Cc1nn(C)c(C)c1-c1nc(C2CCCN2)no1. The molecule has 0 saturated carbocycles. The van der Waals surface area contributed by atoms with E-state index in [2.05, 4.69) is 20.6 Å². The Hall–Kier alpha value is -1.69. The Morgan fingerprint density at radius 2 is 2.22 bits per heavy atom. The average Bonchev–Trinajstić information content (AvgIpc) is 3.01. The van der Waals surface area contributed by atoms with Gasteiger partial charge in [0.2, 0.25) is 0 Å². The molecule has 1 saturated heterocycles. The third-order valence-corrected chi connectivity index (χ3v) is 3.54. The van der Waals surface area contributed by atoms with Crippen LogP contribution >= 0.6 is 0 Å². The van der Waals surface area contributed by atoms with Gasteiger partial charge in [0, 0.05) is 12.7 Å². The number of hydrogen-bond donors (Lipinski definition) is 1. The van der Waals surface area contributed by atoms with Crippen LogP contribution in [0.15, 0.2) is 4.52 Å². The van der Waals surface area contributed by atoms with Crippen LogP contribution in [0.25, 0.3) is 11.5 Å². The van der Waals surface area contributed by atoms with Crippen molar-refractivity contribution in [2.45, 2.75) is 32.7 Å². The van der Waals surface area contributed by atoms with E-state index in [1.807, 2.05) is 25.6 Å². The highest BCUT2D eigenvalue weighted by atomic mass is 16.5. The summed E-state index contributed by atoms with van der Waals surface area (Å²) in [5.41, 5.74) is 2.92. The number of aryl methyl sites for hydroxylation is 2. The van der Waals surface area contributed by atoms with E-state index < -0.39 is 0 Å². The zero-order chi connectivity index (χ0) is 12.7. The van der Waals surface area contributed by atoms with E-state index in [1.54, 1.807) is 0 Å². The van der Waals surface area contributed by atoms with Crippen molar-refractivity contribution in [1.29, 1.82) is 0 Å². The van der Waals surface area contributed by atoms with Gasteiger partial charge in [-0.1, -0.05) is 5.16 Å². The predicted molar refractivity (Wildman–Crippen MR) is 66.0 cm³/mol. The van der Waals surface area contributed by atoms with Gasteiger partial charge in [0.25, 0.3) is 5.89 Å². The van der Waals surface area contributed by atoms with E-state index in [9.17, 15) is 0 Å². The molecule has 2 aromatic heterocycles. The molecule has 0 spiro atoms. The number of rotatable bonds is 2. The van der Waals surface area contributed by atoms with Gasteiger partial charge in [-0.3, -0.25) is 4.68 Å². The fourth-order valence-electron chi connectivity index (χ4n) is 2.47. The van der Waals surface area contributed by atoms with E-state index in [0.717, 1.165) is 35.7 Å². The summed E-state index contributed by atoms with van der Waals surface area (Å²) < 4.78 is 7.22. The first kappa shape index (κ1) is 11.4. The number of hydrogen-bond acceptors (Lipinski definition) is 5. The smallest absolute Gasteiger partial charge is 0.261 e. The topological polar surface area (TPSA) is 68.8 Å². The summed E-state index contributed by atoms with van der Waals surface area (Å²) in [4.78, 5) is 4.50. The molecule has 3 rings (SSSR count). The summed E-state index contributed by atoms with van der Waals surface area (Å²) in [6, 6.07) is 0.236.